The van der Waals surface area contributed by atoms with Crippen molar-refractivity contribution in [1.29, 1.82) is 0 Å². The van der Waals surface area contributed by atoms with Gasteiger partial charge >= 0.3 is 0 Å². The number of rotatable bonds is 8. The molecule has 0 aliphatic rings. The first-order valence-electron chi connectivity index (χ1n) is 8.81. The number of anilines is 1. The van der Waals surface area contributed by atoms with Gasteiger partial charge < -0.3 is 10.6 Å². The van der Waals surface area contributed by atoms with Crippen molar-refractivity contribution in [3.05, 3.63) is 71.8 Å². The Kier molecular flexibility index (Phi) is 6.84. The fourth-order valence-electron chi connectivity index (χ4n) is 2.59. The molecule has 2 aromatic carbocycles. The first-order chi connectivity index (χ1) is 13.2. The SMILES string of the molecule is CCNc1nnc(SC(C)C(=O)NC(c2ccccc2)c2ccccc2)s1. The molecule has 27 heavy (non-hydrogen) atoms. The molecule has 7 heteroatoms. The van der Waals surface area contributed by atoms with E-state index in [-0.39, 0.29) is 17.2 Å². The predicted molar refractivity (Wildman–Crippen MR) is 112 cm³/mol. The minimum atomic E-state index is -0.276. The molecule has 3 rings (SSSR count). The maximum Gasteiger partial charge on any atom is 0.234 e. The highest BCUT2D eigenvalue weighted by Crippen LogP contribution is 2.30. The highest BCUT2D eigenvalue weighted by molar-refractivity contribution is 8.02. The van der Waals surface area contributed by atoms with E-state index in [1.807, 2.05) is 74.5 Å². The average molecular weight is 399 g/mol. The lowest BCUT2D eigenvalue weighted by atomic mass is 9.98. The smallest absolute Gasteiger partial charge is 0.234 e. The Morgan fingerprint density at radius 1 is 1.04 bits per heavy atom. The normalized spacial score (nSPS) is 12.0. The second kappa shape index (κ2) is 9.53. The summed E-state index contributed by atoms with van der Waals surface area (Å²) in [7, 11) is 0. The first-order valence-corrected chi connectivity index (χ1v) is 10.5. The largest absolute Gasteiger partial charge is 0.360 e. The molecule has 2 N–H and O–H groups in total. The van der Waals surface area contributed by atoms with Crippen molar-refractivity contribution in [2.75, 3.05) is 11.9 Å². The van der Waals surface area contributed by atoms with Crippen molar-refractivity contribution in [2.45, 2.75) is 29.5 Å². The third-order valence-electron chi connectivity index (χ3n) is 3.93. The van der Waals surface area contributed by atoms with Crippen LogP contribution in [0.5, 0.6) is 0 Å². The molecule has 1 aromatic heterocycles. The van der Waals surface area contributed by atoms with E-state index in [0.717, 1.165) is 27.1 Å². The van der Waals surface area contributed by atoms with Gasteiger partial charge in [-0.1, -0.05) is 83.8 Å². The van der Waals surface area contributed by atoms with Crippen LogP contribution in [0.2, 0.25) is 0 Å². The summed E-state index contributed by atoms with van der Waals surface area (Å²) in [6.45, 7) is 4.70. The Hall–Kier alpha value is -2.38. The summed E-state index contributed by atoms with van der Waals surface area (Å²) in [5.74, 6) is -0.0297. The van der Waals surface area contributed by atoms with Crippen molar-refractivity contribution < 1.29 is 4.79 Å². The number of carbonyl (C=O) groups is 1. The summed E-state index contributed by atoms with van der Waals surface area (Å²) in [4.78, 5) is 12.8. The molecule has 5 nitrogen and oxygen atoms in total. The molecule has 0 radical (unpaired) electrons. The van der Waals surface area contributed by atoms with E-state index in [4.69, 9.17) is 0 Å². The molecule has 1 atom stereocenters. The van der Waals surface area contributed by atoms with Crippen LogP contribution in [0.15, 0.2) is 65.0 Å². The predicted octanol–water partition coefficient (Wildman–Crippen LogP) is 4.36. The number of nitrogens with one attached hydrogen (secondary N) is 2. The van der Waals surface area contributed by atoms with E-state index >= 15 is 0 Å². The van der Waals surface area contributed by atoms with Gasteiger partial charge in [-0.3, -0.25) is 4.79 Å². The highest BCUT2D eigenvalue weighted by Gasteiger charge is 2.22. The van der Waals surface area contributed by atoms with Gasteiger partial charge in [-0.25, -0.2) is 0 Å². The Labute approximate surface area is 167 Å². The van der Waals surface area contributed by atoms with Crippen LogP contribution in [0.25, 0.3) is 0 Å². The lowest BCUT2D eigenvalue weighted by Gasteiger charge is -2.21. The molecule has 1 amide bonds. The zero-order valence-corrected chi connectivity index (χ0v) is 16.9. The Morgan fingerprint density at radius 2 is 1.63 bits per heavy atom. The Bertz CT molecular complexity index is 815. The summed E-state index contributed by atoms with van der Waals surface area (Å²) >= 11 is 2.89. The van der Waals surface area contributed by atoms with E-state index in [9.17, 15) is 4.79 Å². The van der Waals surface area contributed by atoms with Gasteiger partial charge in [0.15, 0.2) is 4.34 Å². The number of hydrogen-bond acceptors (Lipinski definition) is 6. The number of aromatic nitrogens is 2. The molecule has 0 fully saturated rings. The molecule has 0 aliphatic heterocycles. The topological polar surface area (TPSA) is 66.9 Å². The van der Waals surface area contributed by atoms with Gasteiger partial charge in [0.2, 0.25) is 11.0 Å². The summed E-state index contributed by atoms with van der Waals surface area (Å²) in [6.07, 6.45) is 0. The molecule has 3 aromatic rings. The molecule has 1 unspecified atom stereocenters. The van der Waals surface area contributed by atoms with E-state index in [1.165, 1.54) is 23.1 Å². The molecule has 140 valence electrons. The monoisotopic (exact) mass is 398 g/mol. The summed E-state index contributed by atoms with van der Waals surface area (Å²) in [6, 6.07) is 19.8. The number of benzene rings is 2. The molecular formula is C20H22N4OS2. The van der Waals surface area contributed by atoms with Crippen LogP contribution in [0.4, 0.5) is 5.13 Å². The van der Waals surface area contributed by atoms with Crippen molar-refractivity contribution in [2.24, 2.45) is 0 Å². The van der Waals surface area contributed by atoms with E-state index in [2.05, 4.69) is 20.8 Å². The third-order valence-corrected chi connectivity index (χ3v) is 6.00. The minimum absolute atomic E-state index is 0.0297. The summed E-state index contributed by atoms with van der Waals surface area (Å²) in [5, 5.41) is 15.0. The minimum Gasteiger partial charge on any atom is -0.360 e. The van der Waals surface area contributed by atoms with Crippen LogP contribution in [-0.2, 0) is 4.79 Å². The maximum absolute atomic E-state index is 12.8. The average Bonchev–Trinajstić information content (AvgIpc) is 3.14. The third kappa shape index (κ3) is 5.30. The molecule has 0 bridgehead atoms. The number of amides is 1. The van der Waals surface area contributed by atoms with E-state index < -0.39 is 0 Å². The molecule has 0 saturated carbocycles. The molecule has 1 heterocycles. The van der Waals surface area contributed by atoms with Gasteiger partial charge in [-0.05, 0) is 25.0 Å². The molecular weight excluding hydrogens is 376 g/mol. The number of nitrogens with zero attached hydrogens (tertiary/aromatic N) is 2. The Balaban J connectivity index is 1.72. The van der Waals surface area contributed by atoms with Crippen molar-refractivity contribution in [3.63, 3.8) is 0 Å². The summed E-state index contributed by atoms with van der Waals surface area (Å²) < 4.78 is 0.782. The Morgan fingerprint density at radius 3 is 2.19 bits per heavy atom. The first kappa shape index (κ1) is 19.4. The van der Waals surface area contributed by atoms with Gasteiger partial charge in [0.25, 0.3) is 0 Å². The van der Waals surface area contributed by atoms with Gasteiger partial charge in [-0.15, -0.1) is 10.2 Å². The van der Waals surface area contributed by atoms with Crippen LogP contribution in [0.1, 0.15) is 31.0 Å². The molecule has 0 saturated heterocycles. The lowest BCUT2D eigenvalue weighted by Crippen LogP contribution is -2.34. The second-order valence-corrected chi connectivity index (χ2v) is 8.49. The highest BCUT2D eigenvalue weighted by atomic mass is 32.2. The van der Waals surface area contributed by atoms with Crippen LogP contribution >= 0.6 is 23.1 Å². The van der Waals surface area contributed by atoms with Gasteiger partial charge in [-0.2, -0.15) is 0 Å². The van der Waals surface area contributed by atoms with Gasteiger partial charge in [0, 0.05) is 6.54 Å². The van der Waals surface area contributed by atoms with Crippen LogP contribution in [0.3, 0.4) is 0 Å². The molecule has 0 spiro atoms. The zero-order valence-electron chi connectivity index (χ0n) is 15.3. The quantitative estimate of drug-likeness (QED) is 0.552. The van der Waals surface area contributed by atoms with Crippen molar-refractivity contribution in [3.8, 4) is 0 Å². The van der Waals surface area contributed by atoms with Crippen LogP contribution in [0, 0.1) is 0 Å². The van der Waals surface area contributed by atoms with E-state index in [0.29, 0.717) is 0 Å². The standard InChI is InChI=1S/C20H22N4OS2/c1-3-21-19-23-24-20(27-19)26-14(2)18(25)22-17(15-10-6-4-7-11-15)16-12-8-5-9-13-16/h4-14,17H,3H2,1-2H3,(H,21,23)(H,22,25). The number of hydrogen-bond donors (Lipinski definition) is 2. The number of carbonyl (C=O) groups excluding carboxylic acids is 1. The lowest BCUT2D eigenvalue weighted by molar-refractivity contribution is -0.120. The summed E-state index contributed by atoms with van der Waals surface area (Å²) in [5.41, 5.74) is 2.11. The maximum atomic E-state index is 12.8. The zero-order chi connectivity index (χ0) is 19.1. The van der Waals surface area contributed by atoms with Crippen LogP contribution < -0.4 is 10.6 Å². The fourth-order valence-corrected chi connectivity index (χ4v) is 4.57. The van der Waals surface area contributed by atoms with E-state index in [1.54, 1.807) is 0 Å². The van der Waals surface area contributed by atoms with Crippen LogP contribution in [-0.4, -0.2) is 27.9 Å². The number of thioether (sulfide) groups is 1. The molecule has 0 aliphatic carbocycles. The van der Waals surface area contributed by atoms with Gasteiger partial charge in [0.05, 0.1) is 11.3 Å². The van der Waals surface area contributed by atoms with Crippen molar-refractivity contribution >= 4 is 34.1 Å². The second-order valence-electron chi connectivity index (χ2n) is 5.93. The van der Waals surface area contributed by atoms with Crippen molar-refractivity contribution in [1.82, 2.24) is 15.5 Å². The fraction of sp³-hybridized carbons (Fsp3) is 0.250. The van der Waals surface area contributed by atoms with Gasteiger partial charge in [0.1, 0.15) is 0 Å².